The number of anilines is 1. The van der Waals surface area contributed by atoms with Gasteiger partial charge in [-0.05, 0) is 37.1 Å². The lowest BCUT2D eigenvalue weighted by molar-refractivity contribution is 1.19. The maximum absolute atomic E-state index is 6.07. The van der Waals surface area contributed by atoms with Gasteiger partial charge in [0.1, 0.15) is 5.82 Å². The average molecular weight is 249 g/mol. The van der Waals surface area contributed by atoms with E-state index in [1.54, 1.807) is 0 Å². The molecule has 94 valence electrons. The van der Waals surface area contributed by atoms with Gasteiger partial charge in [0.15, 0.2) is 5.65 Å². The lowest BCUT2D eigenvalue weighted by Crippen LogP contribution is -1.98. The smallest absolute Gasteiger partial charge is 0.162 e. The van der Waals surface area contributed by atoms with Crippen LogP contribution in [-0.4, -0.2) is 9.97 Å². The number of aromatic nitrogens is 2. The molecule has 0 amide bonds. The molecule has 0 aliphatic heterocycles. The largest absolute Gasteiger partial charge is 0.383 e. The maximum atomic E-state index is 6.07. The van der Waals surface area contributed by atoms with Crippen molar-refractivity contribution < 1.29 is 0 Å². The Kier molecular flexibility index (Phi) is 2.67. The third-order valence-electron chi connectivity index (χ3n) is 3.25. The molecule has 0 radical (unpaired) electrons. The van der Waals surface area contributed by atoms with Crippen LogP contribution in [0.2, 0.25) is 0 Å². The van der Waals surface area contributed by atoms with Crippen LogP contribution in [0.1, 0.15) is 11.3 Å². The van der Waals surface area contributed by atoms with Crippen LogP contribution < -0.4 is 5.73 Å². The summed E-state index contributed by atoms with van der Waals surface area (Å²) in [7, 11) is 0. The van der Waals surface area contributed by atoms with E-state index in [0.717, 1.165) is 27.9 Å². The predicted octanol–water partition coefficient (Wildman–Crippen LogP) is 3.50. The van der Waals surface area contributed by atoms with Crippen LogP contribution in [0.5, 0.6) is 0 Å². The van der Waals surface area contributed by atoms with Gasteiger partial charge >= 0.3 is 0 Å². The molecule has 2 heterocycles. The van der Waals surface area contributed by atoms with E-state index in [9.17, 15) is 0 Å². The highest BCUT2D eigenvalue weighted by Crippen LogP contribution is 2.28. The molecule has 3 nitrogen and oxygen atoms in total. The molecule has 19 heavy (non-hydrogen) atoms. The molecule has 2 aromatic heterocycles. The monoisotopic (exact) mass is 249 g/mol. The van der Waals surface area contributed by atoms with E-state index in [1.807, 2.05) is 37.3 Å². The van der Waals surface area contributed by atoms with Gasteiger partial charge in [0, 0.05) is 16.6 Å². The number of nitrogens with two attached hydrogens (primary N) is 1. The van der Waals surface area contributed by atoms with E-state index in [4.69, 9.17) is 5.73 Å². The van der Waals surface area contributed by atoms with Crippen molar-refractivity contribution in [2.75, 3.05) is 5.73 Å². The second-order valence-corrected chi connectivity index (χ2v) is 4.74. The Morgan fingerprint density at radius 1 is 0.947 bits per heavy atom. The Morgan fingerprint density at radius 3 is 2.42 bits per heavy atom. The van der Waals surface area contributed by atoms with Crippen molar-refractivity contribution >= 4 is 16.9 Å². The van der Waals surface area contributed by atoms with Crippen LogP contribution in [0.25, 0.3) is 22.2 Å². The van der Waals surface area contributed by atoms with Crippen LogP contribution in [0, 0.1) is 13.8 Å². The van der Waals surface area contributed by atoms with Crippen molar-refractivity contribution in [2.45, 2.75) is 13.8 Å². The van der Waals surface area contributed by atoms with Gasteiger partial charge in [-0.15, -0.1) is 0 Å². The highest BCUT2D eigenvalue weighted by molar-refractivity contribution is 5.88. The maximum Gasteiger partial charge on any atom is 0.162 e. The van der Waals surface area contributed by atoms with E-state index in [0.29, 0.717) is 5.82 Å². The fraction of sp³-hybridized carbons (Fsp3) is 0.125. The van der Waals surface area contributed by atoms with E-state index in [-0.39, 0.29) is 0 Å². The second kappa shape index (κ2) is 4.35. The number of hydrogen-bond donors (Lipinski definition) is 1. The molecule has 0 atom stereocenters. The van der Waals surface area contributed by atoms with Gasteiger partial charge in [-0.1, -0.05) is 30.3 Å². The van der Waals surface area contributed by atoms with Crippen LogP contribution in [0.4, 0.5) is 5.82 Å². The summed E-state index contributed by atoms with van der Waals surface area (Å²) in [6.07, 6.45) is 0. The minimum absolute atomic E-state index is 0.524. The number of benzene rings is 1. The molecular weight excluding hydrogens is 234 g/mol. The molecule has 3 rings (SSSR count). The first-order chi connectivity index (χ1) is 9.15. The number of aryl methyl sites for hydroxylation is 2. The minimum atomic E-state index is 0.524. The number of hydrogen-bond acceptors (Lipinski definition) is 3. The zero-order valence-electron chi connectivity index (χ0n) is 11.0. The summed E-state index contributed by atoms with van der Waals surface area (Å²) in [5.74, 6) is 0.524. The zero-order chi connectivity index (χ0) is 13.4. The van der Waals surface area contributed by atoms with Crippen molar-refractivity contribution in [3.05, 3.63) is 53.7 Å². The molecule has 0 fully saturated rings. The second-order valence-electron chi connectivity index (χ2n) is 4.74. The lowest BCUT2D eigenvalue weighted by atomic mass is 10.0. The molecule has 0 unspecified atom stereocenters. The molecule has 1 aromatic carbocycles. The molecule has 0 aliphatic carbocycles. The summed E-state index contributed by atoms with van der Waals surface area (Å²) in [5.41, 5.74) is 11.0. The lowest BCUT2D eigenvalue weighted by Gasteiger charge is -2.09. The Labute approximate surface area is 112 Å². The fourth-order valence-corrected chi connectivity index (χ4v) is 2.33. The van der Waals surface area contributed by atoms with E-state index in [2.05, 4.69) is 29.0 Å². The van der Waals surface area contributed by atoms with E-state index >= 15 is 0 Å². The molecule has 2 N–H and O–H groups in total. The zero-order valence-corrected chi connectivity index (χ0v) is 11.0. The quantitative estimate of drug-likeness (QED) is 0.718. The van der Waals surface area contributed by atoms with Crippen molar-refractivity contribution in [3.63, 3.8) is 0 Å². The highest BCUT2D eigenvalue weighted by atomic mass is 14.9. The average Bonchev–Trinajstić information content (AvgIpc) is 2.38. The number of fused-ring (bicyclic) bond motifs is 1. The van der Waals surface area contributed by atoms with Gasteiger partial charge in [-0.3, -0.25) is 0 Å². The SMILES string of the molecule is Cc1cc(C)c2cc(-c3ccccc3)c(N)nc2n1. The van der Waals surface area contributed by atoms with Gasteiger partial charge in [0.25, 0.3) is 0 Å². The highest BCUT2D eigenvalue weighted by Gasteiger charge is 2.09. The third-order valence-corrected chi connectivity index (χ3v) is 3.25. The Balaban J connectivity index is 2.31. The molecular formula is C16H15N3. The van der Waals surface area contributed by atoms with Gasteiger partial charge in [0.05, 0.1) is 0 Å². The molecule has 0 saturated heterocycles. The standard InChI is InChI=1S/C16H15N3/c1-10-8-11(2)18-16-13(10)9-14(15(17)19-16)12-6-4-3-5-7-12/h3-9H,1-2H3,(H2,17,18,19). The fourth-order valence-electron chi connectivity index (χ4n) is 2.33. The molecule has 0 saturated carbocycles. The van der Waals surface area contributed by atoms with E-state index in [1.165, 1.54) is 5.56 Å². The third kappa shape index (κ3) is 2.03. The Hall–Kier alpha value is -2.42. The van der Waals surface area contributed by atoms with Gasteiger partial charge in [-0.25, -0.2) is 9.97 Å². The summed E-state index contributed by atoms with van der Waals surface area (Å²) in [6.45, 7) is 4.04. The van der Waals surface area contributed by atoms with Crippen LogP contribution in [0.15, 0.2) is 42.5 Å². The van der Waals surface area contributed by atoms with Crippen LogP contribution in [0.3, 0.4) is 0 Å². The molecule has 3 heteroatoms. The first-order valence-electron chi connectivity index (χ1n) is 6.25. The van der Waals surface area contributed by atoms with Crippen molar-refractivity contribution in [1.29, 1.82) is 0 Å². The summed E-state index contributed by atoms with van der Waals surface area (Å²) in [5, 5.41) is 1.05. The summed E-state index contributed by atoms with van der Waals surface area (Å²) in [6, 6.07) is 14.2. The molecule has 3 aromatic rings. The van der Waals surface area contributed by atoms with Gasteiger partial charge < -0.3 is 5.73 Å². The first kappa shape index (κ1) is 11.7. The number of nitrogen functional groups attached to an aromatic ring is 1. The normalized spacial score (nSPS) is 10.8. The summed E-state index contributed by atoms with van der Waals surface area (Å²) >= 11 is 0. The predicted molar refractivity (Wildman–Crippen MR) is 78.9 cm³/mol. The van der Waals surface area contributed by atoms with Crippen molar-refractivity contribution in [1.82, 2.24) is 9.97 Å². The van der Waals surface area contributed by atoms with Gasteiger partial charge in [0.2, 0.25) is 0 Å². The number of nitrogens with zero attached hydrogens (tertiary/aromatic N) is 2. The van der Waals surface area contributed by atoms with Crippen molar-refractivity contribution in [3.8, 4) is 11.1 Å². The van der Waals surface area contributed by atoms with Crippen molar-refractivity contribution in [2.24, 2.45) is 0 Å². The van der Waals surface area contributed by atoms with Gasteiger partial charge in [-0.2, -0.15) is 0 Å². The Morgan fingerprint density at radius 2 is 1.68 bits per heavy atom. The molecule has 0 spiro atoms. The number of pyridine rings is 2. The first-order valence-corrected chi connectivity index (χ1v) is 6.25. The molecule has 0 aliphatic rings. The van der Waals surface area contributed by atoms with E-state index < -0.39 is 0 Å². The number of rotatable bonds is 1. The summed E-state index contributed by atoms with van der Waals surface area (Å²) in [4.78, 5) is 8.88. The minimum Gasteiger partial charge on any atom is -0.383 e. The topological polar surface area (TPSA) is 51.8 Å². The summed E-state index contributed by atoms with van der Waals surface area (Å²) < 4.78 is 0. The Bertz CT molecular complexity index is 749. The van der Waals surface area contributed by atoms with Crippen LogP contribution >= 0.6 is 0 Å². The molecule has 0 bridgehead atoms. The van der Waals surface area contributed by atoms with Crippen LogP contribution in [-0.2, 0) is 0 Å².